The molecule has 2 unspecified atom stereocenters. The second-order valence-electron chi connectivity index (χ2n) is 8.71. The monoisotopic (exact) mass is 436 g/mol. The first-order valence-corrected chi connectivity index (χ1v) is 11.3. The van der Waals surface area contributed by atoms with Crippen LogP contribution in [0.25, 0.3) is 10.9 Å². The average Bonchev–Trinajstić information content (AvgIpc) is 3.09. The zero-order valence-electron chi connectivity index (χ0n) is 19.2. The fourth-order valence-corrected chi connectivity index (χ4v) is 5.00. The predicted octanol–water partition coefficient (Wildman–Crippen LogP) is 3.45. The molecule has 0 saturated carbocycles. The van der Waals surface area contributed by atoms with Crippen LogP contribution in [0.4, 0.5) is 0 Å². The molecule has 0 aliphatic carbocycles. The van der Waals surface area contributed by atoms with E-state index in [1.807, 2.05) is 25.1 Å². The van der Waals surface area contributed by atoms with Gasteiger partial charge in [0.15, 0.2) is 0 Å². The first-order valence-electron chi connectivity index (χ1n) is 11.3. The van der Waals surface area contributed by atoms with Gasteiger partial charge >= 0.3 is 0 Å². The second kappa shape index (κ2) is 9.20. The van der Waals surface area contributed by atoms with Gasteiger partial charge in [-0.1, -0.05) is 18.2 Å². The minimum absolute atomic E-state index is 0.0959. The van der Waals surface area contributed by atoms with Crippen molar-refractivity contribution < 1.29 is 9.53 Å². The number of pyridine rings is 1. The fourth-order valence-electron chi connectivity index (χ4n) is 5.00. The molecule has 0 radical (unpaired) electrons. The Morgan fingerprint density at radius 2 is 2.09 bits per heavy atom. The van der Waals surface area contributed by atoms with Crippen molar-refractivity contribution in [1.82, 2.24) is 20.2 Å². The SMILES string of the molecule is COc1cc(C)[nH]c(=O)c1CNC(=O)c1c(C)n(C(C)C2CCCNC2)c2ccccc12. The minimum Gasteiger partial charge on any atom is -0.496 e. The number of nitrogens with one attached hydrogen (secondary N) is 3. The lowest BCUT2D eigenvalue weighted by molar-refractivity contribution is 0.0951. The van der Waals surface area contributed by atoms with Crippen molar-refractivity contribution in [3.8, 4) is 5.75 Å². The Labute approximate surface area is 188 Å². The molecular formula is C25H32N4O3. The molecule has 170 valence electrons. The molecule has 1 aromatic carbocycles. The van der Waals surface area contributed by atoms with Crippen molar-refractivity contribution in [1.29, 1.82) is 0 Å². The number of ether oxygens (including phenoxy) is 1. The number of aryl methyl sites for hydroxylation is 1. The summed E-state index contributed by atoms with van der Waals surface area (Å²) in [6.45, 7) is 8.22. The lowest BCUT2D eigenvalue weighted by atomic mass is 9.92. The van der Waals surface area contributed by atoms with E-state index in [2.05, 4.69) is 33.2 Å². The Bertz CT molecular complexity index is 1190. The first-order chi connectivity index (χ1) is 15.4. The standard InChI is InChI=1S/C25H32N4O3/c1-15-12-22(32-4)20(24(30)28-15)14-27-25(31)23-17(3)29(21-10-6-5-9-19(21)23)16(2)18-8-7-11-26-13-18/h5-6,9-10,12,16,18,26H,7-8,11,13-14H2,1-4H3,(H,27,31)(H,28,30). The van der Waals surface area contributed by atoms with Crippen molar-refractivity contribution in [3.05, 3.63) is 63.2 Å². The Hall–Kier alpha value is -3.06. The average molecular weight is 437 g/mol. The van der Waals surface area contributed by atoms with Crippen LogP contribution in [0.3, 0.4) is 0 Å². The Balaban J connectivity index is 1.67. The molecule has 7 nitrogen and oxygen atoms in total. The number of nitrogens with zero attached hydrogens (tertiary/aromatic N) is 1. The van der Waals surface area contributed by atoms with E-state index in [4.69, 9.17) is 4.74 Å². The number of aromatic amines is 1. The van der Waals surface area contributed by atoms with E-state index in [0.29, 0.717) is 28.5 Å². The fraction of sp³-hybridized carbons (Fsp3) is 0.440. The summed E-state index contributed by atoms with van der Waals surface area (Å²) in [5.41, 5.74) is 3.56. The van der Waals surface area contributed by atoms with Crippen LogP contribution in [0.15, 0.2) is 35.1 Å². The van der Waals surface area contributed by atoms with E-state index in [0.717, 1.165) is 29.7 Å². The minimum atomic E-state index is -0.250. The summed E-state index contributed by atoms with van der Waals surface area (Å²) in [4.78, 5) is 28.5. The van der Waals surface area contributed by atoms with E-state index in [9.17, 15) is 9.59 Å². The predicted molar refractivity (Wildman–Crippen MR) is 127 cm³/mol. The number of hydrogen-bond donors (Lipinski definition) is 3. The first kappa shape index (κ1) is 22.1. The Morgan fingerprint density at radius 1 is 1.31 bits per heavy atom. The molecule has 1 aliphatic heterocycles. The largest absolute Gasteiger partial charge is 0.496 e. The third-order valence-electron chi connectivity index (χ3n) is 6.68. The number of fused-ring (bicyclic) bond motifs is 1. The number of hydrogen-bond acceptors (Lipinski definition) is 4. The van der Waals surface area contributed by atoms with Crippen LogP contribution >= 0.6 is 0 Å². The van der Waals surface area contributed by atoms with Gasteiger partial charge in [0.1, 0.15) is 5.75 Å². The smallest absolute Gasteiger partial charge is 0.256 e. The summed E-state index contributed by atoms with van der Waals surface area (Å²) in [6, 6.07) is 10.1. The van der Waals surface area contributed by atoms with Gasteiger partial charge in [0.25, 0.3) is 11.5 Å². The zero-order chi connectivity index (χ0) is 22.8. The molecule has 3 N–H and O–H groups in total. The highest BCUT2D eigenvalue weighted by molar-refractivity contribution is 6.08. The summed E-state index contributed by atoms with van der Waals surface area (Å²) in [5, 5.41) is 7.39. The number of amides is 1. The van der Waals surface area contributed by atoms with Crippen LogP contribution in [0.2, 0.25) is 0 Å². The molecule has 2 atom stereocenters. The molecule has 1 amide bonds. The van der Waals surface area contributed by atoms with Crippen LogP contribution < -0.4 is 20.9 Å². The van der Waals surface area contributed by atoms with Crippen LogP contribution in [0.1, 0.15) is 53.1 Å². The molecular weight excluding hydrogens is 404 g/mol. The number of aromatic nitrogens is 2. The normalized spacial score (nSPS) is 17.3. The lowest BCUT2D eigenvalue weighted by Crippen LogP contribution is -2.34. The molecule has 0 bridgehead atoms. The van der Waals surface area contributed by atoms with Crippen LogP contribution in [0.5, 0.6) is 5.75 Å². The van der Waals surface area contributed by atoms with Crippen molar-refractivity contribution in [2.24, 2.45) is 5.92 Å². The third-order valence-corrected chi connectivity index (χ3v) is 6.68. The molecule has 1 fully saturated rings. The highest BCUT2D eigenvalue weighted by Crippen LogP contribution is 2.34. The number of benzene rings is 1. The summed E-state index contributed by atoms with van der Waals surface area (Å²) in [6.07, 6.45) is 2.35. The molecule has 3 aromatic rings. The molecule has 32 heavy (non-hydrogen) atoms. The van der Waals surface area contributed by atoms with Crippen LogP contribution in [0, 0.1) is 19.8 Å². The number of carbonyl (C=O) groups excluding carboxylic acids is 1. The van der Waals surface area contributed by atoms with E-state index in [1.54, 1.807) is 13.0 Å². The van der Waals surface area contributed by atoms with E-state index in [-0.39, 0.29) is 24.1 Å². The number of piperidine rings is 1. The van der Waals surface area contributed by atoms with Gasteiger partial charge in [-0.05, 0) is 64.8 Å². The van der Waals surface area contributed by atoms with Crippen molar-refractivity contribution in [2.75, 3.05) is 20.2 Å². The summed E-state index contributed by atoms with van der Waals surface area (Å²) < 4.78 is 7.67. The maximum atomic E-state index is 13.4. The van der Waals surface area contributed by atoms with Gasteiger partial charge in [-0.25, -0.2) is 0 Å². The summed E-state index contributed by atoms with van der Waals surface area (Å²) in [7, 11) is 1.53. The van der Waals surface area contributed by atoms with Crippen molar-refractivity contribution in [2.45, 2.75) is 46.2 Å². The second-order valence-corrected chi connectivity index (χ2v) is 8.71. The van der Waals surface area contributed by atoms with Gasteiger partial charge < -0.3 is 24.9 Å². The van der Waals surface area contributed by atoms with Gasteiger partial charge in [-0.3, -0.25) is 9.59 Å². The van der Waals surface area contributed by atoms with E-state index >= 15 is 0 Å². The molecule has 7 heteroatoms. The quantitative estimate of drug-likeness (QED) is 0.552. The number of carbonyl (C=O) groups is 1. The van der Waals surface area contributed by atoms with Gasteiger partial charge in [0.05, 0.1) is 24.8 Å². The number of para-hydroxylation sites is 1. The number of H-pyrrole nitrogens is 1. The highest BCUT2D eigenvalue weighted by Gasteiger charge is 2.27. The summed E-state index contributed by atoms with van der Waals surface area (Å²) in [5.74, 6) is 0.808. The Morgan fingerprint density at radius 3 is 2.81 bits per heavy atom. The topological polar surface area (TPSA) is 88.2 Å². The molecule has 0 spiro atoms. The highest BCUT2D eigenvalue weighted by atomic mass is 16.5. The maximum Gasteiger partial charge on any atom is 0.256 e. The van der Waals surface area contributed by atoms with Gasteiger partial charge in [-0.2, -0.15) is 0 Å². The van der Waals surface area contributed by atoms with E-state index in [1.165, 1.54) is 20.0 Å². The number of methoxy groups -OCH3 is 1. The van der Waals surface area contributed by atoms with E-state index < -0.39 is 0 Å². The van der Waals surface area contributed by atoms with Crippen molar-refractivity contribution >= 4 is 16.8 Å². The molecule has 1 saturated heterocycles. The van der Waals surface area contributed by atoms with Crippen LogP contribution in [-0.2, 0) is 6.54 Å². The van der Waals surface area contributed by atoms with Crippen LogP contribution in [-0.4, -0.2) is 35.7 Å². The van der Waals surface area contributed by atoms with Gasteiger partial charge in [0.2, 0.25) is 0 Å². The molecule has 2 aromatic heterocycles. The zero-order valence-corrected chi connectivity index (χ0v) is 19.2. The van der Waals surface area contributed by atoms with Gasteiger partial charge in [0, 0.05) is 28.3 Å². The molecule has 4 rings (SSSR count). The van der Waals surface area contributed by atoms with Crippen molar-refractivity contribution in [3.63, 3.8) is 0 Å². The Kier molecular flexibility index (Phi) is 6.37. The number of rotatable bonds is 6. The molecule has 3 heterocycles. The third kappa shape index (κ3) is 4.05. The maximum absolute atomic E-state index is 13.4. The lowest BCUT2D eigenvalue weighted by Gasteiger charge is -2.31. The van der Waals surface area contributed by atoms with Gasteiger partial charge in [-0.15, -0.1) is 0 Å². The molecule has 1 aliphatic rings. The summed E-state index contributed by atoms with van der Waals surface area (Å²) >= 11 is 0.